The lowest BCUT2D eigenvalue weighted by molar-refractivity contribution is 0.371. The second-order valence-electron chi connectivity index (χ2n) is 8.55. The second kappa shape index (κ2) is 6.66. The summed E-state index contributed by atoms with van der Waals surface area (Å²) in [6.45, 7) is 2.07. The molecule has 3 aromatic heterocycles. The molecule has 3 heterocycles. The Hall–Kier alpha value is -2.27. The van der Waals surface area contributed by atoms with Crippen LogP contribution in [0.4, 0.5) is 0 Å². The molecule has 1 unspecified atom stereocenters. The Balaban J connectivity index is 1.43. The highest BCUT2D eigenvalue weighted by Gasteiger charge is 2.44. The van der Waals surface area contributed by atoms with E-state index >= 15 is 0 Å². The summed E-state index contributed by atoms with van der Waals surface area (Å²) in [5, 5.41) is 10.8. The maximum atomic E-state index is 12.9. The third-order valence-corrected chi connectivity index (χ3v) is 7.24. The van der Waals surface area contributed by atoms with Crippen molar-refractivity contribution in [3.8, 4) is 5.75 Å². The van der Waals surface area contributed by atoms with Crippen molar-refractivity contribution < 1.29 is 13.9 Å². The molecule has 4 nitrogen and oxygen atoms in total. The highest BCUT2D eigenvalue weighted by atomic mass is 32.1. The van der Waals surface area contributed by atoms with Crippen LogP contribution in [0.3, 0.4) is 0 Å². The average molecular weight is 397 g/mol. The molecular weight excluding hydrogens is 372 g/mol. The van der Waals surface area contributed by atoms with Gasteiger partial charge in [0.1, 0.15) is 11.5 Å². The van der Waals surface area contributed by atoms with E-state index < -0.39 is 0 Å². The zero-order valence-electron chi connectivity index (χ0n) is 15.9. The van der Waals surface area contributed by atoms with Crippen molar-refractivity contribution in [2.75, 3.05) is 0 Å². The average Bonchev–Trinajstić information content (AvgIpc) is 3.51. The predicted octanol–water partition coefficient (Wildman–Crippen LogP) is 5.42. The van der Waals surface area contributed by atoms with Gasteiger partial charge in [-0.05, 0) is 74.1 Å². The van der Waals surface area contributed by atoms with Gasteiger partial charge in [-0.15, -0.1) is 11.3 Å². The Labute approximate surface area is 167 Å². The Morgan fingerprint density at radius 3 is 2.64 bits per heavy atom. The quantitative estimate of drug-likeness (QED) is 0.579. The molecule has 2 saturated carbocycles. The van der Waals surface area contributed by atoms with Gasteiger partial charge in [-0.2, -0.15) is 0 Å². The molecule has 0 amide bonds. The number of furan rings is 1. The van der Waals surface area contributed by atoms with Crippen LogP contribution in [0, 0.1) is 18.3 Å². The van der Waals surface area contributed by atoms with E-state index in [9.17, 15) is 9.90 Å². The number of aryl methyl sites for hydroxylation is 1. The van der Waals surface area contributed by atoms with E-state index in [4.69, 9.17) is 8.83 Å². The van der Waals surface area contributed by atoms with Gasteiger partial charge in [0, 0.05) is 28.2 Å². The topological polar surface area (TPSA) is 63.6 Å². The lowest BCUT2D eigenvalue weighted by Crippen LogP contribution is -2.17. The molecule has 2 fully saturated rings. The first kappa shape index (κ1) is 17.8. The molecule has 0 aliphatic heterocycles. The van der Waals surface area contributed by atoms with E-state index in [2.05, 4.69) is 19.1 Å². The Bertz CT molecular complexity index is 1030. The monoisotopic (exact) mass is 396 g/mol. The van der Waals surface area contributed by atoms with Gasteiger partial charge >= 0.3 is 5.63 Å². The van der Waals surface area contributed by atoms with Crippen LogP contribution >= 0.6 is 11.3 Å². The van der Waals surface area contributed by atoms with Crippen LogP contribution in [0.15, 0.2) is 50.4 Å². The van der Waals surface area contributed by atoms with Gasteiger partial charge in [0.2, 0.25) is 0 Å². The van der Waals surface area contributed by atoms with Gasteiger partial charge < -0.3 is 13.9 Å². The molecule has 1 atom stereocenters. The van der Waals surface area contributed by atoms with E-state index in [1.807, 2.05) is 6.07 Å². The normalized spacial score (nSPS) is 18.9. The summed E-state index contributed by atoms with van der Waals surface area (Å²) in [4.78, 5) is 15.3. The molecule has 5 rings (SSSR count). The third-order valence-electron chi connectivity index (χ3n) is 6.16. The minimum Gasteiger partial charge on any atom is -0.507 e. The number of aromatic hydroxyl groups is 1. The highest BCUT2D eigenvalue weighted by molar-refractivity contribution is 7.12. The van der Waals surface area contributed by atoms with Crippen LogP contribution in [0.2, 0.25) is 0 Å². The van der Waals surface area contributed by atoms with Crippen molar-refractivity contribution in [1.29, 1.82) is 0 Å². The fourth-order valence-electron chi connectivity index (χ4n) is 4.36. The van der Waals surface area contributed by atoms with Crippen LogP contribution in [0.5, 0.6) is 5.75 Å². The van der Waals surface area contributed by atoms with Crippen molar-refractivity contribution in [2.24, 2.45) is 11.3 Å². The molecule has 0 bridgehead atoms. The van der Waals surface area contributed by atoms with Crippen LogP contribution in [-0.4, -0.2) is 5.11 Å². The van der Waals surface area contributed by atoms with E-state index in [-0.39, 0.29) is 22.7 Å². The fraction of sp³-hybridized carbons (Fsp3) is 0.435. The van der Waals surface area contributed by atoms with Crippen LogP contribution in [0.1, 0.15) is 58.2 Å². The molecule has 0 aromatic carbocycles. The lowest BCUT2D eigenvalue weighted by atomic mass is 9.91. The summed E-state index contributed by atoms with van der Waals surface area (Å²) in [5.74, 6) is 1.05. The molecule has 2 aliphatic carbocycles. The number of hydrogen-bond donors (Lipinski definition) is 1. The zero-order chi connectivity index (χ0) is 19.3. The summed E-state index contributed by atoms with van der Waals surface area (Å²) < 4.78 is 10.9. The fourth-order valence-corrected chi connectivity index (χ4v) is 5.44. The Morgan fingerprint density at radius 1 is 1.25 bits per heavy atom. The summed E-state index contributed by atoms with van der Waals surface area (Å²) >= 11 is 1.70. The van der Waals surface area contributed by atoms with Crippen molar-refractivity contribution in [3.05, 3.63) is 73.9 Å². The predicted molar refractivity (Wildman–Crippen MR) is 108 cm³/mol. The van der Waals surface area contributed by atoms with Gasteiger partial charge in [-0.25, -0.2) is 4.79 Å². The van der Waals surface area contributed by atoms with Crippen LogP contribution in [-0.2, 0) is 12.8 Å². The molecule has 0 spiro atoms. The van der Waals surface area contributed by atoms with Crippen LogP contribution in [0.25, 0.3) is 0 Å². The summed E-state index contributed by atoms with van der Waals surface area (Å²) in [6.07, 6.45) is 9.44. The van der Waals surface area contributed by atoms with E-state index in [0.29, 0.717) is 23.7 Å². The summed E-state index contributed by atoms with van der Waals surface area (Å²) in [7, 11) is 0. The summed E-state index contributed by atoms with van der Waals surface area (Å²) in [6, 6.07) is 7.83. The third kappa shape index (κ3) is 3.44. The molecule has 28 heavy (non-hydrogen) atoms. The molecule has 5 heteroatoms. The molecule has 1 N–H and O–H groups in total. The van der Waals surface area contributed by atoms with Gasteiger partial charge in [-0.3, -0.25) is 0 Å². The van der Waals surface area contributed by atoms with Crippen molar-refractivity contribution in [1.82, 2.24) is 0 Å². The van der Waals surface area contributed by atoms with Gasteiger partial charge in [-0.1, -0.05) is 0 Å². The minimum atomic E-state index is -0.378. The van der Waals surface area contributed by atoms with Crippen LogP contribution < -0.4 is 5.63 Å². The lowest BCUT2D eigenvalue weighted by Gasteiger charge is -2.17. The zero-order valence-corrected chi connectivity index (χ0v) is 16.8. The Morgan fingerprint density at radius 2 is 2.07 bits per heavy atom. The van der Waals surface area contributed by atoms with Gasteiger partial charge in [0.25, 0.3) is 0 Å². The first-order chi connectivity index (χ1) is 13.5. The maximum absolute atomic E-state index is 12.9. The number of rotatable bonds is 7. The smallest absolute Gasteiger partial charge is 0.343 e. The Kier molecular flexibility index (Phi) is 4.23. The molecule has 0 radical (unpaired) electrons. The van der Waals surface area contributed by atoms with E-state index in [0.717, 1.165) is 37.0 Å². The molecule has 146 valence electrons. The summed E-state index contributed by atoms with van der Waals surface area (Å²) in [5.41, 5.74) is 1.35. The number of hydrogen-bond acceptors (Lipinski definition) is 5. The van der Waals surface area contributed by atoms with Gasteiger partial charge in [0.05, 0.1) is 18.1 Å². The minimum absolute atomic E-state index is 0.0511. The second-order valence-corrected chi connectivity index (χ2v) is 9.87. The van der Waals surface area contributed by atoms with Crippen molar-refractivity contribution in [2.45, 2.75) is 51.4 Å². The SMILES string of the molecule is Cc1ccc(C(c2c(O)cc(CC3(Cc4ccoc4)CC3)oc2=O)C2CC2)s1. The molecule has 3 aromatic rings. The standard InChI is InChI=1S/C23H24O4S/c1-14-2-5-19(28-14)20(16-3-4-16)21-18(24)10-17(27-22(21)25)12-23(7-8-23)11-15-6-9-26-13-15/h2,5-6,9-10,13,16,20,24H,3-4,7-8,11-12H2,1H3. The number of thiophene rings is 1. The van der Waals surface area contributed by atoms with Gasteiger partial charge in [0.15, 0.2) is 0 Å². The van der Waals surface area contributed by atoms with E-state index in [1.54, 1.807) is 29.9 Å². The van der Waals surface area contributed by atoms with Crippen molar-refractivity contribution >= 4 is 11.3 Å². The molecular formula is C23H24O4S. The maximum Gasteiger partial charge on any atom is 0.343 e. The largest absolute Gasteiger partial charge is 0.507 e. The van der Waals surface area contributed by atoms with E-state index in [1.165, 1.54) is 10.4 Å². The first-order valence-electron chi connectivity index (χ1n) is 9.96. The van der Waals surface area contributed by atoms with Crippen molar-refractivity contribution in [3.63, 3.8) is 0 Å². The molecule has 0 saturated heterocycles. The highest BCUT2D eigenvalue weighted by Crippen LogP contribution is 2.52. The molecule has 2 aliphatic rings. The first-order valence-corrected chi connectivity index (χ1v) is 10.8.